The minimum absolute atomic E-state index is 0.0665. The zero-order valence-electron chi connectivity index (χ0n) is 12.7. The smallest absolute Gasteiger partial charge is 0.310 e. The molecular formula is C15H20O6S. The Hall–Kier alpha value is -1.60. The molecule has 0 atom stereocenters. The largest absolute Gasteiger partial charge is 0.496 e. The van der Waals surface area contributed by atoms with Crippen molar-refractivity contribution in [3.63, 3.8) is 0 Å². The third-order valence-corrected chi connectivity index (χ3v) is 4.02. The van der Waals surface area contributed by atoms with Crippen molar-refractivity contribution >= 4 is 16.1 Å². The molecule has 0 aliphatic heterocycles. The molecule has 1 aromatic carbocycles. The number of carbonyl (C=O) groups excluding carboxylic acids is 1. The second-order valence-corrected chi connectivity index (χ2v) is 6.98. The van der Waals surface area contributed by atoms with Gasteiger partial charge >= 0.3 is 5.97 Å². The summed E-state index contributed by atoms with van der Waals surface area (Å²) >= 11 is 0. The molecule has 122 valence electrons. The van der Waals surface area contributed by atoms with E-state index >= 15 is 0 Å². The van der Waals surface area contributed by atoms with Crippen LogP contribution in [-0.4, -0.2) is 33.9 Å². The highest BCUT2D eigenvalue weighted by Gasteiger charge is 2.21. The lowest BCUT2D eigenvalue weighted by Crippen LogP contribution is -2.25. The summed E-state index contributed by atoms with van der Waals surface area (Å²) in [5.41, 5.74) is 1.35. The van der Waals surface area contributed by atoms with E-state index in [1.165, 1.54) is 7.11 Å². The van der Waals surface area contributed by atoms with E-state index in [0.29, 0.717) is 11.3 Å². The van der Waals surface area contributed by atoms with Gasteiger partial charge in [0, 0.05) is 5.56 Å². The summed E-state index contributed by atoms with van der Waals surface area (Å²) in [6.07, 6.45) is 4.22. The van der Waals surface area contributed by atoms with Gasteiger partial charge < -0.3 is 9.47 Å². The highest BCUT2D eigenvalue weighted by molar-refractivity contribution is 7.85. The van der Waals surface area contributed by atoms with E-state index in [0.717, 1.165) is 31.1 Å². The van der Waals surface area contributed by atoms with E-state index < -0.39 is 10.1 Å². The van der Waals surface area contributed by atoms with Crippen LogP contribution in [0.1, 0.15) is 30.4 Å². The predicted molar refractivity (Wildman–Crippen MR) is 80.1 cm³/mol. The molecule has 6 nitrogen and oxygen atoms in total. The van der Waals surface area contributed by atoms with E-state index in [-0.39, 0.29) is 25.1 Å². The summed E-state index contributed by atoms with van der Waals surface area (Å²) in [6.45, 7) is -0.102. The van der Waals surface area contributed by atoms with Gasteiger partial charge in [0.05, 0.1) is 26.4 Å². The number of benzene rings is 1. The van der Waals surface area contributed by atoms with Crippen LogP contribution in [0, 0.1) is 0 Å². The summed E-state index contributed by atoms with van der Waals surface area (Å²) in [4.78, 5) is 11.8. The standard InChI is InChI=1S/C15H20O6S/c1-19-14-8-11(9-15(16)21-13-4-3-5-13)6-7-12(14)10-20-22(2,17)18/h6-8,13H,3-5,9-10H2,1-2H3. The molecule has 22 heavy (non-hydrogen) atoms. The van der Waals surface area contributed by atoms with Crippen molar-refractivity contribution < 1.29 is 26.9 Å². The molecule has 1 aliphatic rings. The van der Waals surface area contributed by atoms with E-state index in [2.05, 4.69) is 0 Å². The van der Waals surface area contributed by atoms with Crippen LogP contribution >= 0.6 is 0 Å². The monoisotopic (exact) mass is 328 g/mol. The topological polar surface area (TPSA) is 78.9 Å². The Bertz CT molecular complexity index is 633. The molecule has 7 heteroatoms. The Labute approximate surface area is 130 Å². The van der Waals surface area contributed by atoms with Crippen LogP contribution < -0.4 is 4.74 Å². The maximum Gasteiger partial charge on any atom is 0.310 e. The fourth-order valence-corrected chi connectivity index (χ4v) is 2.41. The molecule has 2 rings (SSSR count). The Morgan fingerprint density at radius 2 is 2.05 bits per heavy atom. The maximum atomic E-state index is 11.8. The van der Waals surface area contributed by atoms with Crippen molar-refractivity contribution in [3.05, 3.63) is 29.3 Å². The summed E-state index contributed by atoms with van der Waals surface area (Å²) in [7, 11) is -2.03. The van der Waals surface area contributed by atoms with Crippen LogP contribution in [0.2, 0.25) is 0 Å². The van der Waals surface area contributed by atoms with E-state index in [1.54, 1.807) is 18.2 Å². The quantitative estimate of drug-likeness (QED) is 0.561. The van der Waals surface area contributed by atoms with Gasteiger partial charge in [-0.1, -0.05) is 12.1 Å². The van der Waals surface area contributed by atoms with E-state index in [1.807, 2.05) is 0 Å². The summed E-state index contributed by atoms with van der Waals surface area (Å²) in [5.74, 6) is 0.226. The molecule has 1 aromatic rings. The van der Waals surface area contributed by atoms with Gasteiger partial charge in [-0.25, -0.2) is 0 Å². The van der Waals surface area contributed by atoms with Crippen LogP contribution in [0.5, 0.6) is 5.75 Å². The van der Waals surface area contributed by atoms with Gasteiger partial charge in [0.2, 0.25) is 0 Å². The van der Waals surface area contributed by atoms with Crippen LogP contribution in [0.15, 0.2) is 18.2 Å². The first-order valence-electron chi connectivity index (χ1n) is 7.07. The average Bonchev–Trinajstić information content (AvgIpc) is 2.40. The molecule has 0 saturated heterocycles. The van der Waals surface area contributed by atoms with Crippen molar-refractivity contribution in [1.82, 2.24) is 0 Å². The van der Waals surface area contributed by atoms with Gasteiger partial charge in [-0.05, 0) is 30.9 Å². The SMILES string of the molecule is COc1cc(CC(=O)OC2CCC2)ccc1COS(C)(=O)=O. The number of carbonyl (C=O) groups is 1. The second-order valence-electron chi connectivity index (χ2n) is 5.33. The number of hydrogen-bond donors (Lipinski definition) is 0. The number of rotatable bonds is 7. The Balaban J connectivity index is 1.99. The zero-order chi connectivity index (χ0) is 16.2. The molecule has 1 aliphatic carbocycles. The van der Waals surface area contributed by atoms with Crippen molar-refractivity contribution in [3.8, 4) is 5.75 Å². The van der Waals surface area contributed by atoms with Gasteiger partial charge in [-0.2, -0.15) is 8.42 Å². The van der Waals surface area contributed by atoms with Crippen LogP contribution in [0.4, 0.5) is 0 Å². The van der Waals surface area contributed by atoms with Crippen molar-refractivity contribution in [2.24, 2.45) is 0 Å². The number of methoxy groups -OCH3 is 1. The Kier molecular flexibility index (Phi) is 5.42. The third-order valence-electron chi connectivity index (χ3n) is 3.48. The minimum atomic E-state index is -3.52. The van der Waals surface area contributed by atoms with Crippen molar-refractivity contribution in [1.29, 1.82) is 0 Å². The summed E-state index contributed by atoms with van der Waals surface area (Å²) in [6, 6.07) is 5.13. The van der Waals surface area contributed by atoms with Crippen molar-refractivity contribution in [2.45, 2.75) is 38.4 Å². The van der Waals surface area contributed by atoms with Crippen LogP contribution in [-0.2, 0) is 36.9 Å². The van der Waals surface area contributed by atoms with Crippen LogP contribution in [0.3, 0.4) is 0 Å². The Morgan fingerprint density at radius 1 is 1.32 bits per heavy atom. The first-order valence-corrected chi connectivity index (χ1v) is 8.88. The minimum Gasteiger partial charge on any atom is -0.496 e. The molecule has 0 radical (unpaired) electrons. The normalized spacial score (nSPS) is 15.2. The van der Waals surface area contributed by atoms with E-state index in [4.69, 9.17) is 13.7 Å². The number of ether oxygens (including phenoxy) is 2. The molecule has 1 saturated carbocycles. The van der Waals surface area contributed by atoms with Gasteiger partial charge in [-0.3, -0.25) is 8.98 Å². The molecule has 0 spiro atoms. The fraction of sp³-hybridized carbons (Fsp3) is 0.533. The average molecular weight is 328 g/mol. The summed E-state index contributed by atoms with van der Waals surface area (Å²) in [5, 5.41) is 0. The molecule has 0 aromatic heterocycles. The Morgan fingerprint density at radius 3 is 2.59 bits per heavy atom. The highest BCUT2D eigenvalue weighted by atomic mass is 32.2. The van der Waals surface area contributed by atoms with Gasteiger partial charge in [-0.15, -0.1) is 0 Å². The molecular weight excluding hydrogens is 308 g/mol. The first kappa shape index (κ1) is 16.8. The molecule has 0 unspecified atom stereocenters. The molecule has 1 fully saturated rings. The lowest BCUT2D eigenvalue weighted by molar-refractivity contribution is -0.152. The lowest BCUT2D eigenvalue weighted by Gasteiger charge is -2.25. The molecule has 0 amide bonds. The van der Waals surface area contributed by atoms with Crippen LogP contribution in [0.25, 0.3) is 0 Å². The number of esters is 1. The van der Waals surface area contributed by atoms with E-state index in [9.17, 15) is 13.2 Å². The number of hydrogen-bond acceptors (Lipinski definition) is 6. The highest BCUT2D eigenvalue weighted by Crippen LogP contribution is 2.24. The lowest BCUT2D eigenvalue weighted by atomic mass is 9.96. The van der Waals surface area contributed by atoms with Crippen molar-refractivity contribution in [2.75, 3.05) is 13.4 Å². The zero-order valence-corrected chi connectivity index (χ0v) is 13.5. The predicted octanol–water partition coefficient (Wildman–Crippen LogP) is 1.81. The summed E-state index contributed by atoms with van der Waals surface area (Å²) < 4.78 is 37.3. The second kappa shape index (κ2) is 7.11. The molecule has 0 N–H and O–H groups in total. The molecule has 0 bridgehead atoms. The third kappa shape index (κ3) is 4.99. The van der Waals surface area contributed by atoms with Gasteiger partial charge in [0.15, 0.2) is 0 Å². The van der Waals surface area contributed by atoms with Gasteiger partial charge in [0.25, 0.3) is 10.1 Å². The first-order chi connectivity index (χ1) is 10.4. The fourth-order valence-electron chi connectivity index (χ4n) is 2.07. The maximum absolute atomic E-state index is 11.8. The molecule has 0 heterocycles. The van der Waals surface area contributed by atoms with Gasteiger partial charge in [0.1, 0.15) is 11.9 Å².